The third kappa shape index (κ3) is 4.13. The predicted molar refractivity (Wildman–Crippen MR) is 126 cm³/mol. The molecule has 33 heavy (non-hydrogen) atoms. The number of benzene rings is 2. The Morgan fingerprint density at radius 3 is 2.64 bits per heavy atom. The normalized spacial score (nSPS) is 26.7. The van der Waals surface area contributed by atoms with Gasteiger partial charge < -0.3 is 14.4 Å². The first-order valence-corrected chi connectivity index (χ1v) is 12.1. The molecule has 3 aliphatic rings. The molecule has 2 aliphatic heterocycles. The summed E-state index contributed by atoms with van der Waals surface area (Å²) in [5, 5.41) is 0.512. The van der Waals surface area contributed by atoms with Gasteiger partial charge in [-0.25, -0.2) is 0 Å². The first kappa shape index (κ1) is 22.3. The van der Waals surface area contributed by atoms with E-state index < -0.39 is 6.04 Å². The fourth-order valence-electron chi connectivity index (χ4n) is 5.16. The predicted octanol–water partition coefficient (Wildman–Crippen LogP) is 5.10. The van der Waals surface area contributed by atoms with Crippen molar-refractivity contribution in [2.75, 3.05) is 13.7 Å². The second-order valence-electron chi connectivity index (χ2n) is 8.83. The van der Waals surface area contributed by atoms with E-state index in [1.54, 1.807) is 18.1 Å². The SMILES string of the molecule is COc1ccc(CCN2C(=O)C3=C(C(=O)C4CC(Cl)CCC4O3)C2c2cccc(Cl)c2)cc1. The van der Waals surface area contributed by atoms with E-state index in [2.05, 4.69) is 0 Å². The number of ketones is 1. The summed E-state index contributed by atoms with van der Waals surface area (Å²) in [5.74, 6) is 0.425. The molecule has 0 saturated heterocycles. The van der Waals surface area contributed by atoms with Crippen molar-refractivity contribution in [1.82, 2.24) is 4.90 Å². The highest BCUT2D eigenvalue weighted by molar-refractivity contribution is 6.30. The Bertz CT molecular complexity index is 1110. The lowest BCUT2D eigenvalue weighted by atomic mass is 9.77. The molecule has 0 radical (unpaired) electrons. The summed E-state index contributed by atoms with van der Waals surface area (Å²) >= 11 is 12.7. The number of amides is 1. The minimum absolute atomic E-state index is 0.0168. The number of ether oxygens (including phenoxy) is 2. The molecule has 0 bridgehead atoms. The van der Waals surface area contributed by atoms with Crippen molar-refractivity contribution >= 4 is 34.9 Å². The highest BCUT2D eigenvalue weighted by Gasteiger charge is 2.52. The average Bonchev–Trinajstić information content (AvgIpc) is 3.10. The number of Topliss-reactive ketones (excluding diaryl/α,β-unsaturated/α-hetero) is 1. The highest BCUT2D eigenvalue weighted by atomic mass is 35.5. The Hall–Kier alpha value is -2.50. The van der Waals surface area contributed by atoms with Crippen LogP contribution in [0.5, 0.6) is 5.75 Å². The average molecular weight is 486 g/mol. The van der Waals surface area contributed by atoms with Gasteiger partial charge in [0.2, 0.25) is 0 Å². The number of alkyl halides is 1. The molecule has 7 heteroatoms. The topological polar surface area (TPSA) is 55.8 Å². The maximum atomic E-state index is 13.7. The van der Waals surface area contributed by atoms with E-state index in [0.717, 1.165) is 23.3 Å². The van der Waals surface area contributed by atoms with Crippen LogP contribution in [0.4, 0.5) is 0 Å². The first-order valence-electron chi connectivity index (χ1n) is 11.2. The van der Waals surface area contributed by atoms with Crippen LogP contribution in [0.1, 0.15) is 36.4 Å². The van der Waals surface area contributed by atoms with Crippen LogP contribution >= 0.6 is 23.2 Å². The van der Waals surface area contributed by atoms with Gasteiger partial charge in [0.15, 0.2) is 11.5 Å². The van der Waals surface area contributed by atoms with E-state index >= 15 is 0 Å². The van der Waals surface area contributed by atoms with Crippen LogP contribution in [0, 0.1) is 5.92 Å². The molecular weight excluding hydrogens is 461 g/mol. The van der Waals surface area contributed by atoms with Gasteiger partial charge in [-0.3, -0.25) is 9.59 Å². The maximum absolute atomic E-state index is 13.7. The molecule has 2 aromatic rings. The summed E-state index contributed by atoms with van der Waals surface area (Å²) in [7, 11) is 1.63. The third-order valence-electron chi connectivity index (χ3n) is 6.84. The molecule has 0 spiro atoms. The molecule has 1 aliphatic carbocycles. The Labute approximate surface area is 203 Å². The van der Waals surface area contributed by atoms with Crippen molar-refractivity contribution in [3.8, 4) is 5.75 Å². The largest absolute Gasteiger partial charge is 0.497 e. The van der Waals surface area contributed by atoms with Gasteiger partial charge in [-0.15, -0.1) is 11.6 Å². The smallest absolute Gasteiger partial charge is 0.290 e. The van der Waals surface area contributed by atoms with Crippen LogP contribution in [0.15, 0.2) is 59.9 Å². The molecule has 4 unspecified atom stereocenters. The van der Waals surface area contributed by atoms with Gasteiger partial charge in [0, 0.05) is 16.9 Å². The van der Waals surface area contributed by atoms with Crippen LogP contribution in [-0.4, -0.2) is 41.7 Å². The number of carbonyl (C=O) groups excluding carboxylic acids is 2. The van der Waals surface area contributed by atoms with E-state index in [1.165, 1.54) is 0 Å². The lowest BCUT2D eigenvalue weighted by molar-refractivity contribution is -0.135. The summed E-state index contributed by atoms with van der Waals surface area (Å²) in [5.41, 5.74) is 2.33. The van der Waals surface area contributed by atoms with Gasteiger partial charge in [0.05, 0.1) is 24.6 Å². The number of methoxy groups -OCH3 is 1. The van der Waals surface area contributed by atoms with Crippen molar-refractivity contribution in [2.24, 2.45) is 5.92 Å². The van der Waals surface area contributed by atoms with Crippen LogP contribution in [0.2, 0.25) is 5.02 Å². The van der Waals surface area contributed by atoms with E-state index in [4.69, 9.17) is 32.7 Å². The zero-order chi connectivity index (χ0) is 23.1. The number of hydrogen-bond acceptors (Lipinski definition) is 4. The number of carbonyl (C=O) groups is 2. The van der Waals surface area contributed by atoms with Crippen LogP contribution in [0.25, 0.3) is 0 Å². The molecule has 2 aromatic carbocycles. The number of halogens is 2. The number of rotatable bonds is 5. The summed E-state index contributed by atoms with van der Waals surface area (Å²) in [6.07, 6.45) is 2.40. The van der Waals surface area contributed by atoms with E-state index in [-0.39, 0.29) is 34.8 Å². The van der Waals surface area contributed by atoms with Crippen LogP contribution in [-0.2, 0) is 20.7 Å². The van der Waals surface area contributed by atoms with Gasteiger partial charge >= 0.3 is 0 Å². The van der Waals surface area contributed by atoms with Crippen molar-refractivity contribution in [3.63, 3.8) is 0 Å². The zero-order valence-corrected chi connectivity index (χ0v) is 19.8. The Balaban J connectivity index is 1.48. The van der Waals surface area contributed by atoms with E-state index in [1.807, 2.05) is 42.5 Å². The van der Waals surface area contributed by atoms with Crippen molar-refractivity contribution in [1.29, 1.82) is 0 Å². The first-order chi connectivity index (χ1) is 16.0. The lowest BCUT2D eigenvalue weighted by Crippen LogP contribution is -2.41. The Kier molecular flexibility index (Phi) is 6.11. The fraction of sp³-hybridized carbons (Fsp3) is 0.385. The minimum Gasteiger partial charge on any atom is -0.497 e. The van der Waals surface area contributed by atoms with Crippen LogP contribution < -0.4 is 4.74 Å². The number of fused-ring (bicyclic) bond motifs is 1. The van der Waals surface area contributed by atoms with E-state index in [0.29, 0.717) is 36.4 Å². The zero-order valence-electron chi connectivity index (χ0n) is 18.3. The van der Waals surface area contributed by atoms with Gasteiger partial charge in [-0.1, -0.05) is 35.9 Å². The lowest BCUT2D eigenvalue weighted by Gasteiger charge is -2.37. The molecule has 1 saturated carbocycles. The minimum atomic E-state index is -0.520. The summed E-state index contributed by atoms with van der Waals surface area (Å²) in [6, 6.07) is 14.6. The van der Waals surface area contributed by atoms with Crippen molar-refractivity contribution in [3.05, 3.63) is 76.0 Å². The van der Waals surface area contributed by atoms with Gasteiger partial charge in [0.1, 0.15) is 11.9 Å². The summed E-state index contributed by atoms with van der Waals surface area (Å²) in [6.45, 7) is 0.444. The molecule has 1 amide bonds. The molecule has 0 N–H and O–H groups in total. The van der Waals surface area contributed by atoms with Crippen LogP contribution in [0.3, 0.4) is 0 Å². The quantitative estimate of drug-likeness (QED) is 0.552. The standard InChI is InChI=1S/C26H25Cl2NO4/c1-32-19-8-5-15(6-9-19)11-12-29-23(16-3-2-4-17(27)13-16)22-24(30)20-14-18(28)7-10-21(20)33-25(22)26(29)31/h2-6,8-9,13,18,20-21,23H,7,10-12,14H2,1H3. The molecular formula is C26H25Cl2NO4. The molecule has 0 aromatic heterocycles. The van der Waals surface area contributed by atoms with Crippen molar-refractivity contribution in [2.45, 2.75) is 43.2 Å². The van der Waals surface area contributed by atoms with Gasteiger partial charge in [-0.05, 0) is 61.1 Å². The monoisotopic (exact) mass is 485 g/mol. The van der Waals surface area contributed by atoms with E-state index in [9.17, 15) is 9.59 Å². The maximum Gasteiger partial charge on any atom is 0.290 e. The van der Waals surface area contributed by atoms with Gasteiger partial charge in [0.25, 0.3) is 5.91 Å². The number of hydrogen-bond donors (Lipinski definition) is 0. The third-order valence-corrected chi connectivity index (χ3v) is 7.48. The van der Waals surface area contributed by atoms with Crippen molar-refractivity contribution < 1.29 is 19.1 Å². The molecule has 1 fully saturated rings. The second-order valence-corrected chi connectivity index (χ2v) is 9.89. The van der Waals surface area contributed by atoms with Gasteiger partial charge in [-0.2, -0.15) is 0 Å². The second kappa shape index (κ2) is 9.03. The molecule has 172 valence electrons. The Morgan fingerprint density at radius 2 is 1.91 bits per heavy atom. The molecule has 2 heterocycles. The fourth-order valence-corrected chi connectivity index (χ4v) is 5.68. The molecule has 5 nitrogen and oxygen atoms in total. The summed E-state index contributed by atoms with van der Waals surface area (Å²) < 4.78 is 11.4. The number of nitrogens with zero attached hydrogens (tertiary/aromatic N) is 1. The summed E-state index contributed by atoms with van der Waals surface area (Å²) in [4.78, 5) is 28.9. The molecule has 5 rings (SSSR count). The Morgan fingerprint density at radius 1 is 1.12 bits per heavy atom. The highest BCUT2D eigenvalue weighted by Crippen LogP contribution is 2.47. The molecule has 4 atom stereocenters.